The summed E-state index contributed by atoms with van der Waals surface area (Å²) in [6.45, 7) is 0. The second-order valence-corrected chi connectivity index (χ2v) is 6.54. The minimum Gasteiger partial charge on any atom is -0.508 e. The number of aromatic hydroxyl groups is 1. The van der Waals surface area contributed by atoms with Crippen LogP contribution in [-0.4, -0.2) is 5.11 Å². The molecule has 0 fully saturated rings. The smallest absolute Gasteiger partial charge is 0.201 e. The van der Waals surface area contributed by atoms with Crippen molar-refractivity contribution in [1.29, 1.82) is 0 Å². The SMILES string of the molecule is O=c1c(-c2ccccc2)c(/C=C/c2ccc(Cl)cc2)oc2cc(O)ccc12. The number of hydrogen-bond acceptors (Lipinski definition) is 3. The molecule has 0 atom stereocenters. The van der Waals surface area contributed by atoms with Gasteiger partial charge in [-0.2, -0.15) is 0 Å². The van der Waals surface area contributed by atoms with Crippen molar-refractivity contribution in [3.05, 3.63) is 99.4 Å². The van der Waals surface area contributed by atoms with Crippen LogP contribution in [0.1, 0.15) is 11.3 Å². The first kappa shape index (κ1) is 17.1. The van der Waals surface area contributed by atoms with Crippen molar-refractivity contribution in [3.8, 4) is 16.9 Å². The van der Waals surface area contributed by atoms with E-state index in [0.29, 0.717) is 27.3 Å². The summed E-state index contributed by atoms with van der Waals surface area (Å²) in [7, 11) is 0. The number of benzene rings is 3. The Bertz CT molecular complexity index is 1190. The van der Waals surface area contributed by atoms with E-state index < -0.39 is 0 Å². The lowest BCUT2D eigenvalue weighted by atomic mass is 10.0. The molecule has 3 aromatic carbocycles. The Labute approximate surface area is 160 Å². The number of rotatable bonds is 3. The van der Waals surface area contributed by atoms with Gasteiger partial charge in [-0.25, -0.2) is 0 Å². The van der Waals surface area contributed by atoms with E-state index in [1.807, 2.05) is 48.5 Å². The quantitative estimate of drug-likeness (QED) is 0.479. The average Bonchev–Trinajstić information content (AvgIpc) is 2.68. The summed E-state index contributed by atoms with van der Waals surface area (Å²) in [5.41, 5.74) is 2.39. The molecule has 0 saturated carbocycles. The van der Waals surface area contributed by atoms with Crippen LogP contribution in [0.25, 0.3) is 34.2 Å². The lowest BCUT2D eigenvalue weighted by Gasteiger charge is -2.08. The maximum Gasteiger partial charge on any atom is 0.201 e. The van der Waals surface area contributed by atoms with Crippen molar-refractivity contribution in [1.82, 2.24) is 0 Å². The fourth-order valence-corrected chi connectivity index (χ4v) is 3.07. The van der Waals surface area contributed by atoms with Gasteiger partial charge in [0.15, 0.2) is 0 Å². The molecule has 1 heterocycles. The monoisotopic (exact) mass is 374 g/mol. The molecule has 132 valence electrons. The molecule has 0 amide bonds. The number of fused-ring (bicyclic) bond motifs is 1. The summed E-state index contributed by atoms with van der Waals surface area (Å²) in [6.07, 6.45) is 3.62. The van der Waals surface area contributed by atoms with E-state index in [1.165, 1.54) is 12.1 Å². The van der Waals surface area contributed by atoms with Gasteiger partial charge in [0.25, 0.3) is 0 Å². The van der Waals surface area contributed by atoms with Gasteiger partial charge in [0.2, 0.25) is 5.43 Å². The molecule has 0 aliphatic heterocycles. The largest absolute Gasteiger partial charge is 0.508 e. The van der Waals surface area contributed by atoms with Crippen LogP contribution in [0.15, 0.2) is 82.0 Å². The Morgan fingerprint density at radius 1 is 0.889 bits per heavy atom. The molecule has 1 N–H and O–H groups in total. The molecule has 0 unspecified atom stereocenters. The summed E-state index contributed by atoms with van der Waals surface area (Å²) >= 11 is 5.93. The van der Waals surface area contributed by atoms with Crippen LogP contribution in [0.4, 0.5) is 0 Å². The van der Waals surface area contributed by atoms with Crippen molar-refractivity contribution >= 4 is 34.7 Å². The van der Waals surface area contributed by atoms with E-state index in [1.54, 1.807) is 24.3 Å². The Hall–Kier alpha value is -3.30. The molecule has 1 aromatic heterocycles. The summed E-state index contributed by atoms with van der Waals surface area (Å²) in [6, 6.07) is 21.3. The number of hydrogen-bond donors (Lipinski definition) is 1. The Morgan fingerprint density at radius 3 is 2.37 bits per heavy atom. The Morgan fingerprint density at radius 2 is 1.63 bits per heavy atom. The van der Waals surface area contributed by atoms with E-state index in [4.69, 9.17) is 16.0 Å². The van der Waals surface area contributed by atoms with Crippen LogP contribution in [-0.2, 0) is 0 Å². The molecule has 4 rings (SSSR count). The van der Waals surface area contributed by atoms with E-state index in [-0.39, 0.29) is 11.2 Å². The van der Waals surface area contributed by atoms with Crippen molar-refractivity contribution in [2.24, 2.45) is 0 Å². The minimum absolute atomic E-state index is 0.0470. The van der Waals surface area contributed by atoms with Gasteiger partial charge in [-0.3, -0.25) is 4.79 Å². The third-order valence-electron chi connectivity index (χ3n) is 4.26. The predicted molar refractivity (Wildman–Crippen MR) is 110 cm³/mol. The van der Waals surface area contributed by atoms with E-state index in [0.717, 1.165) is 11.1 Å². The molecule has 0 spiro atoms. The minimum atomic E-state index is -0.141. The van der Waals surface area contributed by atoms with Crippen LogP contribution >= 0.6 is 11.6 Å². The third kappa shape index (κ3) is 3.50. The molecule has 0 aliphatic rings. The molecule has 27 heavy (non-hydrogen) atoms. The molecule has 4 aromatic rings. The summed E-state index contributed by atoms with van der Waals surface area (Å²) < 4.78 is 5.98. The van der Waals surface area contributed by atoms with Gasteiger partial charge in [0.1, 0.15) is 17.1 Å². The molecule has 0 radical (unpaired) electrons. The second-order valence-electron chi connectivity index (χ2n) is 6.10. The summed E-state index contributed by atoms with van der Waals surface area (Å²) in [4.78, 5) is 13.1. The molecule has 3 nitrogen and oxygen atoms in total. The first-order valence-electron chi connectivity index (χ1n) is 8.41. The van der Waals surface area contributed by atoms with Crippen LogP contribution in [0, 0.1) is 0 Å². The lowest BCUT2D eigenvalue weighted by molar-refractivity contribution is 0.474. The van der Waals surface area contributed by atoms with E-state index in [9.17, 15) is 9.90 Å². The van der Waals surface area contributed by atoms with Crippen molar-refractivity contribution < 1.29 is 9.52 Å². The van der Waals surface area contributed by atoms with E-state index >= 15 is 0 Å². The molecule has 0 aliphatic carbocycles. The standard InChI is InChI=1S/C23H15ClO3/c24-17-9-6-15(7-10-17)8-13-20-22(16-4-2-1-3-5-16)23(26)19-12-11-18(25)14-21(19)27-20/h1-14,25H/b13-8+. The zero-order valence-corrected chi connectivity index (χ0v) is 15.0. The topological polar surface area (TPSA) is 50.4 Å². The van der Waals surface area contributed by atoms with Gasteiger partial charge in [-0.05, 0) is 41.5 Å². The van der Waals surface area contributed by atoms with Crippen LogP contribution in [0.3, 0.4) is 0 Å². The van der Waals surface area contributed by atoms with Gasteiger partial charge in [-0.1, -0.05) is 60.1 Å². The van der Waals surface area contributed by atoms with Crippen molar-refractivity contribution in [2.45, 2.75) is 0 Å². The van der Waals surface area contributed by atoms with Crippen molar-refractivity contribution in [2.75, 3.05) is 0 Å². The Kier molecular flexibility index (Phi) is 4.53. The first-order valence-corrected chi connectivity index (χ1v) is 8.78. The number of phenols is 1. The van der Waals surface area contributed by atoms with Gasteiger partial charge in [-0.15, -0.1) is 0 Å². The van der Waals surface area contributed by atoms with Gasteiger partial charge in [0.05, 0.1) is 10.9 Å². The molecular weight excluding hydrogens is 360 g/mol. The highest BCUT2D eigenvalue weighted by Crippen LogP contribution is 2.28. The fourth-order valence-electron chi connectivity index (χ4n) is 2.94. The van der Waals surface area contributed by atoms with Crippen LogP contribution in [0.2, 0.25) is 5.02 Å². The molecule has 0 bridgehead atoms. The van der Waals surface area contributed by atoms with Crippen LogP contribution in [0.5, 0.6) is 5.75 Å². The van der Waals surface area contributed by atoms with Gasteiger partial charge in [0, 0.05) is 11.1 Å². The van der Waals surface area contributed by atoms with E-state index in [2.05, 4.69) is 0 Å². The molecule has 4 heteroatoms. The Balaban J connectivity index is 1.94. The zero-order valence-electron chi connectivity index (χ0n) is 14.2. The normalized spacial score (nSPS) is 11.3. The average molecular weight is 375 g/mol. The van der Waals surface area contributed by atoms with Crippen LogP contribution < -0.4 is 5.43 Å². The number of phenolic OH excluding ortho intramolecular Hbond substituents is 1. The highest BCUT2D eigenvalue weighted by molar-refractivity contribution is 6.30. The number of halogens is 1. The fraction of sp³-hybridized carbons (Fsp3) is 0. The van der Waals surface area contributed by atoms with Gasteiger partial charge < -0.3 is 9.52 Å². The molecular formula is C23H15ClO3. The summed E-state index contributed by atoms with van der Waals surface area (Å²) in [5, 5.41) is 10.8. The van der Waals surface area contributed by atoms with Gasteiger partial charge >= 0.3 is 0 Å². The maximum atomic E-state index is 13.1. The maximum absolute atomic E-state index is 13.1. The highest BCUT2D eigenvalue weighted by atomic mass is 35.5. The summed E-state index contributed by atoms with van der Waals surface area (Å²) in [5.74, 6) is 0.477. The zero-order chi connectivity index (χ0) is 18.8. The highest BCUT2D eigenvalue weighted by Gasteiger charge is 2.15. The predicted octanol–water partition coefficient (Wildman–Crippen LogP) is 5.99. The molecule has 0 saturated heterocycles. The van der Waals surface area contributed by atoms with Crippen molar-refractivity contribution in [3.63, 3.8) is 0 Å². The lowest BCUT2D eigenvalue weighted by Crippen LogP contribution is -2.07. The first-order chi connectivity index (χ1) is 13.1. The third-order valence-corrected chi connectivity index (χ3v) is 4.51. The second kappa shape index (κ2) is 7.14.